The topological polar surface area (TPSA) is 0 Å². The summed E-state index contributed by atoms with van der Waals surface area (Å²) >= 11 is -0.922. The predicted octanol–water partition coefficient (Wildman–Crippen LogP) is 1.41. The molecule has 1 fully saturated rings. The van der Waals surface area contributed by atoms with Crippen LogP contribution in [0.15, 0.2) is 34.9 Å². The first kappa shape index (κ1) is 23.5. The number of benzene rings is 2. The first-order valence-corrected chi connectivity index (χ1v) is 15.9. The first-order chi connectivity index (χ1) is 13.0. The van der Waals surface area contributed by atoms with Gasteiger partial charge in [0.2, 0.25) is 0 Å². The third-order valence-corrected chi connectivity index (χ3v) is 18.0. The summed E-state index contributed by atoms with van der Waals surface area (Å²) in [5.41, 5.74) is 12.7. The van der Waals surface area contributed by atoms with E-state index in [-0.39, 0.29) is 32.7 Å². The van der Waals surface area contributed by atoms with Crippen LogP contribution in [-0.2, 0) is 22.9 Å². The van der Waals surface area contributed by atoms with Gasteiger partial charge in [0.25, 0.3) is 0 Å². The number of rotatable bonds is 2. The van der Waals surface area contributed by atoms with Gasteiger partial charge in [-0.1, -0.05) is 0 Å². The molecule has 2 aliphatic carbocycles. The Balaban J connectivity index is 0.00000120. The zero-order valence-electron chi connectivity index (χ0n) is 17.7. The fourth-order valence-corrected chi connectivity index (χ4v) is 19.5. The van der Waals surface area contributed by atoms with Crippen LogP contribution in [0, 0.1) is 27.7 Å². The van der Waals surface area contributed by atoms with Gasteiger partial charge in [-0.25, -0.2) is 0 Å². The molecule has 29 heavy (non-hydrogen) atoms. The van der Waals surface area contributed by atoms with Crippen molar-refractivity contribution in [2.75, 3.05) is 6.16 Å². The Hall–Kier alpha value is -0.200. The predicted molar refractivity (Wildman–Crippen MR) is 115 cm³/mol. The first-order valence-electron chi connectivity index (χ1n) is 10.2. The Bertz CT molecular complexity index is 958. The number of hydrogen-bond acceptors (Lipinski definition) is 0. The summed E-state index contributed by atoms with van der Waals surface area (Å²) in [5.74, 6) is 0. The van der Waals surface area contributed by atoms with Crippen molar-refractivity contribution in [2.45, 2.75) is 48.4 Å². The molecule has 1 saturated heterocycles. The molecular weight excluding hydrogens is 581 g/mol. The normalized spacial score (nSPS) is 22.4. The summed E-state index contributed by atoms with van der Waals surface area (Å²) < 4.78 is 1.68. The molecule has 2 aromatic carbocycles. The van der Waals surface area contributed by atoms with Gasteiger partial charge in [0.1, 0.15) is 0 Å². The smallest absolute Gasteiger partial charge is 1.00 e. The SMILES string of the molecule is CCCP1C2=Cc3c(C)ccc(C)c3[CH]2[Hf+2][CH]2C1=Cc1c(C)ccc(C)c12.[Cl-].[Cl-]. The van der Waals surface area contributed by atoms with E-state index in [0.717, 1.165) is 7.35 Å². The average molecular weight is 608 g/mol. The van der Waals surface area contributed by atoms with E-state index < -0.39 is 22.9 Å². The maximum Gasteiger partial charge on any atom is -1.00 e. The molecule has 0 radical (unpaired) electrons. The van der Waals surface area contributed by atoms with Gasteiger partial charge in [-0.05, 0) is 0 Å². The quantitative estimate of drug-likeness (QED) is 0.358. The van der Waals surface area contributed by atoms with Crippen LogP contribution >= 0.6 is 7.92 Å². The zero-order valence-corrected chi connectivity index (χ0v) is 23.7. The molecule has 2 aromatic rings. The second kappa shape index (κ2) is 8.74. The van der Waals surface area contributed by atoms with Crippen molar-refractivity contribution in [1.29, 1.82) is 0 Å². The standard InChI is InChI=1S/C25H27P.2ClH.Hf/c1-6-11-26(20-12-22-16(2)7-8-17(3)23(22)13-20)21-14-24-18(4)9-10-19(5)25(24)15-21;;;/h7-10,12-15H,6,11H2,1-5H3;2*1H;/q;;;+2/p-2. The van der Waals surface area contributed by atoms with Gasteiger partial charge in [-0.15, -0.1) is 0 Å². The third kappa shape index (κ3) is 3.49. The summed E-state index contributed by atoms with van der Waals surface area (Å²) in [7, 11) is -0.124. The Morgan fingerprint density at radius 3 is 1.55 bits per heavy atom. The molecule has 1 heterocycles. The molecule has 5 rings (SSSR count). The van der Waals surface area contributed by atoms with Crippen LogP contribution in [0.4, 0.5) is 0 Å². The van der Waals surface area contributed by atoms with E-state index in [9.17, 15) is 0 Å². The fraction of sp³-hybridized carbons (Fsp3) is 0.360. The van der Waals surface area contributed by atoms with Crippen molar-refractivity contribution in [3.8, 4) is 0 Å². The number of allylic oxidation sites excluding steroid dienone is 2. The van der Waals surface area contributed by atoms with Gasteiger partial charge in [-0.3, -0.25) is 0 Å². The van der Waals surface area contributed by atoms with Crippen molar-refractivity contribution in [3.05, 3.63) is 79.4 Å². The molecule has 0 amide bonds. The van der Waals surface area contributed by atoms with Crippen LogP contribution in [0.2, 0.25) is 0 Å². The van der Waals surface area contributed by atoms with Crippen molar-refractivity contribution in [1.82, 2.24) is 0 Å². The Morgan fingerprint density at radius 1 is 0.724 bits per heavy atom. The third-order valence-electron chi connectivity index (χ3n) is 6.60. The van der Waals surface area contributed by atoms with Crippen LogP contribution < -0.4 is 24.8 Å². The second-order valence-corrected chi connectivity index (χ2v) is 16.1. The summed E-state index contributed by atoms with van der Waals surface area (Å²) in [6, 6.07) is 9.42. The van der Waals surface area contributed by atoms with E-state index in [1.54, 1.807) is 22.3 Å². The van der Waals surface area contributed by atoms with Crippen LogP contribution in [0.3, 0.4) is 0 Å². The fourth-order valence-electron chi connectivity index (χ4n) is 5.22. The molecule has 0 N–H and O–H groups in total. The number of hydrogen-bond donors (Lipinski definition) is 0. The minimum atomic E-state index is -0.922. The second-order valence-electron chi connectivity index (χ2n) is 8.38. The number of aryl methyl sites for hydroxylation is 4. The van der Waals surface area contributed by atoms with Crippen molar-refractivity contribution >= 4 is 20.1 Å². The maximum atomic E-state index is 2.65. The summed E-state index contributed by atoms with van der Waals surface area (Å²) in [4.78, 5) is 0. The van der Waals surface area contributed by atoms with Crippen LogP contribution in [0.5, 0.6) is 0 Å². The molecule has 0 spiro atoms. The molecule has 2 unspecified atom stereocenters. The van der Waals surface area contributed by atoms with Gasteiger partial charge >= 0.3 is 177 Å². The minimum Gasteiger partial charge on any atom is -1.00 e. The molecular formula is C25H27Cl2HfP. The monoisotopic (exact) mass is 608 g/mol. The number of halogens is 2. The molecule has 2 atom stereocenters. The van der Waals surface area contributed by atoms with E-state index in [4.69, 9.17) is 0 Å². The average Bonchev–Trinajstić information content (AvgIpc) is 3.22. The van der Waals surface area contributed by atoms with E-state index in [1.165, 1.54) is 34.8 Å². The van der Waals surface area contributed by atoms with Crippen LogP contribution in [0.1, 0.15) is 65.2 Å². The molecule has 3 aliphatic rings. The van der Waals surface area contributed by atoms with Crippen molar-refractivity contribution in [3.63, 3.8) is 0 Å². The number of fused-ring (bicyclic) bond motifs is 6. The van der Waals surface area contributed by atoms with Crippen LogP contribution in [-0.4, -0.2) is 6.16 Å². The van der Waals surface area contributed by atoms with Gasteiger partial charge < -0.3 is 24.8 Å². The van der Waals surface area contributed by atoms with Crippen molar-refractivity contribution in [2.24, 2.45) is 0 Å². The molecule has 0 bridgehead atoms. The summed E-state index contributed by atoms with van der Waals surface area (Å²) in [6.45, 7) is 11.7. The van der Waals surface area contributed by atoms with Gasteiger partial charge in [0, 0.05) is 0 Å². The van der Waals surface area contributed by atoms with E-state index >= 15 is 0 Å². The van der Waals surface area contributed by atoms with Crippen molar-refractivity contribution < 1.29 is 47.7 Å². The molecule has 1 aliphatic heterocycles. The largest absolute Gasteiger partial charge is 1.00 e. The van der Waals surface area contributed by atoms with Crippen LogP contribution in [0.25, 0.3) is 12.2 Å². The minimum absolute atomic E-state index is 0. The van der Waals surface area contributed by atoms with E-state index in [1.807, 2.05) is 10.6 Å². The van der Waals surface area contributed by atoms with Gasteiger partial charge in [-0.2, -0.15) is 0 Å². The molecule has 150 valence electrons. The van der Waals surface area contributed by atoms with Gasteiger partial charge in [0.15, 0.2) is 0 Å². The molecule has 0 aromatic heterocycles. The van der Waals surface area contributed by atoms with Gasteiger partial charge in [0.05, 0.1) is 0 Å². The summed E-state index contributed by atoms with van der Waals surface area (Å²) in [5, 5.41) is 3.71. The molecule has 0 saturated carbocycles. The molecule has 0 nitrogen and oxygen atoms in total. The van der Waals surface area contributed by atoms with E-state index in [0.29, 0.717) is 0 Å². The Labute approximate surface area is 200 Å². The Morgan fingerprint density at radius 2 is 1.14 bits per heavy atom. The molecule has 4 heteroatoms. The zero-order chi connectivity index (χ0) is 18.9. The maximum absolute atomic E-state index is 2.65. The summed E-state index contributed by atoms with van der Waals surface area (Å²) in [6.07, 6.45) is 7.98. The Kier molecular flexibility index (Phi) is 7.07. The van der Waals surface area contributed by atoms with E-state index in [2.05, 4.69) is 71.0 Å².